The first-order valence-electron chi connectivity index (χ1n) is 5.64. The van der Waals surface area contributed by atoms with Gasteiger partial charge in [0.1, 0.15) is 0 Å². The molecule has 0 aromatic heterocycles. The molecule has 0 unspecified atom stereocenters. The number of amides is 1. The molecule has 1 N–H and O–H groups in total. The first kappa shape index (κ1) is 12.5. The molecule has 0 radical (unpaired) electrons. The van der Waals surface area contributed by atoms with Gasteiger partial charge in [0.25, 0.3) is 0 Å². The smallest absolute Gasteiger partial charge is 0.234 e. The summed E-state index contributed by atoms with van der Waals surface area (Å²) in [5.41, 5.74) is 0. The summed E-state index contributed by atoms with van der Waals surface area (Å²) in [6, 6.07) is 0.547. The molecule has 0 bridgehead atoms. The van der Waals surface area contributed by atoms with E-state index in [-0.39, 0.29) is 18.1 Å². The lowest BCUT2D eigenvalue weighted by Crippen LogP contribution is -2.51. The normalized spacial score (nSPS) is 28.1. The van der Waals surface area contributed by atoms with E-state index in [0.717, 1.165) is 13.2 Å². The minimum absolute atomic E-state index is 0.103. The lowest BCUT2D eigenvalue weighted by Gasteiger charge is -2.36. The average Bonchev–Trinajstić information content (AvgIpc) is 2.10. The van der Waals surface area contributed by atoms with Gasteiger partial charge in [0, 0.05) is 18.6 Å². The second-order valence-electron chi connectivity index (χ2n) is 4.64. The van der Waals surface area contributed by atoms with Crippen LogP contribution in [-0.4, -0.2) is 48.7 Å². The SMILES string of the molecule is CC(C)NC(=O)CN1C[C@@H](C)OC[C@@H]1C. The number of nitrogens with zero attached hydrogens (tertiary/aromatic N) is 1. The lowest BCUT2D eigenvalue weighted by atomic mass is 10.2. The zero-order valence-corrected chi connectivity index (χ0v) is 10.1. The van der Waals surface area contributed by atoms with Crippen LogP contribution in [-0.2, 0) is 9.53 Å². The van der Waals surface area contributed by atoms with Gasteiger partial charge < -0.3 is 10.1 Å². The molecule has 0 spiro atoms. The molecule has 1 heterocycles. The van der Waals surface area contributed by atoms with Crippen molar-refractivity contribution in [3.63, 3.8) is 0 Å². The van der Waals surface area contributed by atoms with Crippen LogP contribution in [0.5, 0.6) is 0 Å². The fourth-order valence-electron chi connectivity index (χ4n) is 1.74. The van der Waals surface area contributed by atoms with Crippen molar-refractivity contribution < 1.29 is 9.53 Å². The number of rotatable bonds is 3. The third-order valence-electron chi connectivity index (χ3n) is 2.53. The van der Waals surface area contributed by atoms with E-state index in [9.17, 15) is 4.79 Å². The Morgan fingerprint density at radius 3 is 2.80 bits per heavy atom. The van der Waals surface area contributed by atoms with Gasteiger partial charge in [-0.05, 0) is 27.7 Å². The molecular formula is C11H22N2O2. The minimum atomic E-state index is 0.103. The van der Waals surface area contributed by atoms with E-state index in [1.807, 2.05) is 20.8 Å². The van der Waals surface area contributed by atoms with Gasteiger partial charge in [-0.25, -0.2) is 0 Å². The van der Waals surface area contributed by atoms with Gasteiger partial charge in [0.2, 0.25) is 5.91 Å². The van der Waals surface area contributed by atoms with Crippen molar-refractivity contribution >= 4 is 5.91 Å². The largest absolute Gasteiger partial charge is 0.376 e. The molecule has 1 aliphatic heterocycles. The second-order valence-corrected chi connectivity index (χ2v) is 4.64. The van der Waals surface area contributed by atoms with E-state index < -0.39 is 0 Å². The molecule has 0 aliphatic carbocycles. The van der Waals surface area contributed by atoms with Crippen LogP contribution in [0.4, 0.5) is 0 Å². The Balaban J connectivity index is 2.38. The average molecular weight is 214 g/mol. The van der Waals surface area contributed by atoms with Gasteiger partial charge in [-0.2, -0.15) is 0 Å². The molecule has 0 aromatic rings. The van der Waals surface area contributed by atoms with Crippen LogP contribution in [0.25, 0.3) is 0 Å². The van der Waals surface area contributed by atoms with E-state index in [1.54, 1.807) is 0 Å². The molecule has 1 rings (SSSR count). The summed E-state index contributed by atoms with van der Waals surface area (Å²) in [5.74, 6) is 0.103. The Morgan fingerprint density at radius 2 is 2.20 bits per heavy atom. The van der Waals surface area contributed by atoms with Gasteiger partial charge in [-0.15, -0.1) is 0 Å². The predicted molar refractivity (Wildman–Crippen MR) is 59.7 cm³/mol. The van der Waals surface area contributed by atoms with Crippen molar-refractivity contribution in [1.29, 1.82) is 0 Å². The Morgan fingerprint density at radius 1 is 1.53 bits per heavy atom. The van der Waals surface area contributed by atoms with E-state index >= 15 is 0 Å². The molecule has 15 heavy (non-hydrogen) atoms. The molecule has 0 aromatic carbocycles. The first-order valence-corrected chi connectivity index (χ1v) is 5.64. The molecular weight excluding hydrogens is 192 g/mol. The monoisotopic (exact) mass is 214 g/mol. The number of morpholine rings is 1. The van der Waals surface area contributed by atoms with Crippen molar-refractivity contribution in [1.82, 2.24) is 10.2 Å². The highest BCUT2D eigenvalue weighted by Crippen LogP contribution is 2.10. The molecule has 1 fully saturated rings. The van der Waals surface area contributed by atoms with Gasteiger partial charge in [0.05, 0.1) is 19.3 Å². The molecule has 4 heteroatoms. The fourth-order valence-corrected chi connectivity index (χ4v) is 1.74. The van der Waals surface area contributed by atoms with E-state index in [1.165, 1.54) is 0 Å². The first-order chi connectivity index (χ1) is 6.99. The minimum Gasteiger partial charge on any atom is -0.376 e. The number of ether oxygens (including phenoxy) is 1. The maximum atomic E-state index is 11.6. The molecule has 4 nitrogen and oxygen atoms in total. The second kappa shape index (κ2) is 5.47. The van der Waals surface area contributed by atoms with E-state index in [2.05, 4.69) is 17.1 Å². The number of hydrogen-bond donors (Lipinski definition) is 1. The van der Waals surface area contributed by atoms with Crippen LogP contribution in [0.3, 0.4) is 0 Å². The summed E-state index contributed by atoms with van der Waals surface area (Å²) < 4.78 is 5.51. The third-order valence-corrected chi connectivity index (χ3v) is 2.53. The molecule has 0 saturated carbocycles. The number of hydrogen-bond acceptors (Lipinski definition) is 3. The highest BCUT2D eigenvalue weighted by atomic mass is 16.5. The summed E-state index contributed by atoms with van der Waals surface area (Å²) in [5, 5.41) is 2.90. The van der Waals surface area contributed by atoms with Crippen molar-refractivity contribution in [2.24, 2.45) is 0 Å². The fraction of sp³-hybridized carbons (Fsp3) is 0.909. The standard InChI is InChI=1S/C11H22N2O2/c1-8(2)12-11(14)6-13-5-10(4)15-7-9(13)3/h8-10H,5-7H2,1-4H3,(H,12,14)/t9-,10+/m0/s1. The molecule has 1 saturated heterocycles. The van der Waals surface area contributed by atoms with Gasteiger partial charge in [-0.1, -0.05) is 0 Å². The van der Waals surface area contributed by atoms with Crippen LogP contribution >= 0.6 is 0 Å². The topological polar surface area (TPSA) is 41.6 Å². The Labute approximate surface area is 92.0 Å². The summed E-state index contributed by atoms with van der Waals surface area (Å²) >= 11 is 0. The maximum Gasteiger partial charge on any atom is 0.234 e. The van der Waals surface area contributed by atoms with Crippen LogP contribution < -0.4 is 5.32 Å². The highest BCUT2D eigenvalue weighted by molar-refractivity contribution is 5.78. The highest BCUT2D eigenvalue weighted by Gasteiger charge is 2.24. The zero-order chi connectivity index (χ0) is 11.4. The molecule has 2 atom stereocenters. The van der Waals surface area contributed by atoms with Crippen molar-refractivity contribution in [3.05, 3.63) is 0 Å². The molecule has 1 aliphatic rings. The summed E-state index contributed by atoms with van der Waals surface area (Å²) in [6.07, 6.45) is 0.230. The zero-order valence-electron chi connectivity index (χ0n) is 10.1. The van der Waals surface area contributed by atoms with Crippen molar-refractivity contribution in [3.8, 4) is 0 Å². The molecule has 1 amide bonds. The van der Waals surface area contributed by atoms with Crippen molar-refractivity contribution in [2.45, 2.75) is 45.9 Å². The Kier molecular flexibility index (Phi) is 4.54. The predicted octanol–water partition coefficient (Wildman–Crippen LogP) is 0.620. The molecule has 88 valence electrons. The van der Waals surface area contributed by atoms with Gasteiger partial charge in [0.15, 0.2) is 0 Å². The maximum absolute atomic E-state index is 11.6. The van der Waals surface area contributed by atoms with Crippen molar-refractivity contribution in [2.75, 3.05) is 19.7 Å². The number of carbonyl (C=O) groups is 1. The van der Waals surface area contributed by atoms with Crippen LogP contribution in [0.2, 0.25) is 0 Å². The Bertz CT molecular complexity index is 219. The quantitative estimate of drug-likeness (QED) is 0.749. The summed E-state index contributed by atoms with van der Waals surface area (Å²) in [6.45, 7) is 10.1. The van der Waals surface area contributed by atoms with E-state index in [0.29, 0.717) is 12.6 Å². The van der Waals surface area contributed by atoms with Crippen LogP contribution in [0.1, 0.15) is 27.7 Å². The van der Waals surface area contributed by atoms with Gasteiger partial charge >= 0.3 is 0 Å². The number of nitrogens with one attached hydrogen (secondary N) is 1. The number of carbonyl (C=O) groups excluding carboxylic acids is 1. The lowest BCUT2D eigenvalue weighted by molar-refractivity contribution is -0.126. The van der Waals surface area contributed by atoms with E-state index in [4.69, 9.17) is 4.74 Å². The van der Waals surface area contributed by atoms with Gasteiger partial charge in [-0.3, -0.25) is 9.69 Å². The third kappa shape index (κ3) is 4.18. The van der Waals surface area contributed by atoms with Crippen LogP contribution in [0, 0.1) is 0 Å². The van der Waals surface area contributed by atoms with Crippen LogP contribution in [0.15, 0.2) is 0 Å². The summed E-state index contributed by atoms with van der Waals surface area (Å²) in [4.78, 5) is 13.8. The Hall–Kier alpha value is -0.610. The summed E-state index contributed by atoms with van der Waals surface area (Å²) in [7, 11) is 0.